The maximum absolute atomic E-state index is 5.47. The molecule has 5 nitrogen and oxygen atoms in total. The van der Waals surface area contributed by atoms with E-state index in [2.05, 4.69) is 28.4 Å². The van der Waals surface area contributed by atoms with Crippen LogP contribution in [0.15, 0.2) is 36.4 Å². The van der Waals surface area contributed by atoms with Gasteiger partial charge >= 0.3 is 0 Å². The second kappa shape index (κ2) is 7.18. The van der Waals surface area contributed by atoms with Crippen molar-refractivity contribution in [1.29, 1.82) is 0 Å². The summed E-state index contributed by atoms with van der Waals surface area (Å²) in [4.78, 5) is 11.9. The van der Waals surface area contributed by atoms with E-state index in [1.807, 2.05) is 18.2 Å². The van der Waals surface area contributed by atoms with Crippen LogP contribution in [-0.2, 0) is 4.74 Å². The molecule has 1 saturated heterocycles. The van der Waals surface area contributed by atoms with Crippen LogP contribution in [0.5, 0.6) is 0 Å². The summed E-state index contributed by atoms with van der Waals surface area (Å²) in [7, 11) is 0. The molecule has 24 heavy (non-hydrogen) atoms. The number of morpholine rings is 1. The molecule has 0 atom stereocenters. The third-order valence-corrected chi connectivity index (χ3v) is 4.79. The number of hydrogen-bond donors (Lipinski definition) is 1. The fourth-order valence-corrected chi connectivity index (χ4v) is 3.46. The number of rotatable bonds is 4. The smallest absolute Gasteiger partial charge is 0.163 e. The molecule has 0 bridgehead atoms. The van der Waals surface area contributed by atoms with Gasteiger partial charge in [0.15, 0.2) is 5.82 Å². The van der Waals surface area contributed by atoms with E-state index in [4.69, 9.17) is 14.7 Å². The minimum Gasteiger partial charge on any atom is -0.378 e. The Bertz CT molecular complexity index is 664. The van der Waals surface area contributed by atoms with E-state index in [9.17, 15) is 0 Å². The second-order valence-electron chi connectivity index (χ2n) is 6.53. The third-order valence-electron chi connectivity index (χ3n) is 4.79. The van der Waals surface area contributed by atoms with E-state index >= 15 is 0 Å². The molecule has 1 saturated carbocycles. The second-order valence-corrected chi connectivity index (χ2v) is 6.53. The lowest BCUT2D eigenvalue weighted by Crippen LogP contribution is -2.37. The highest BCUT2D eigenvalue weighted by Crippen LogP contribution is 2.26. The molecule has 1 aliphatic carbocycles. The average Bonchev–Trinajstić information content (AvgIpc) is 3.16. The molecule has 5 heteroatoms. The summed E-state index contributed by atoms with van der Waals surface area (Å²) in [5, 5.41) is 3.62. The summed E-state index contributed by atoms with van der Waals surface area (Å²) in [6.07, 6.45) is 5.09. The Morgan fingerprint density at radius 1 is 1.00 bits per heavy atom. The average molecular weight is 324 g/mol. The fourth-order valence-electron chi connectivity index (χ4n) is 3.46. The van der Waals surface area contributed by atoms with Crippen LogP contribution in [0.1, 0.15) is 25.7 Å². The number of nitrogens with one attached hydrogen (secondary N) is 1. The summed E-state index contributed by atoms with van der Waals surface area (Å²) < 4.78 is 5.47. The molecule has 2 heterocycles. The van der Waals surface area contributed by atoms with Crippen molar-refractivity contribution >= 4 is 11.6 Å². The van der Waals surface area contributed by atoms with Crippen LogP contribution in [0.4, 0.5) is 11.6 Å². The minimum atomic E-state index is 0.543. The number of hydrogen-bond acceptors (Lipinski definition) is 5. The first-order valence-corrected chi connectivity index (χ1v) is 8.92. The van der Waals surface area contributed by atoms with Crippen molar-refractivity contribution in [2.45, 2.75) is 31.7 Å². The van der Waals surface area contributed by atoms with Gasteiger partial charge in [-0.25, -0.2) is 9.97 Å². The maximum Gasteiger partial charge on any atom is 0.163 e. The van der Waals surface area contributed by atoms with E-state index in [0.717, 1.165) is 49.3 Å². The molecule has 126 valence electrons. The third kappa shape index (κ3) is 3.51. The molecule has 0 radical (unpaired) electrons. The van der Waals surface area contributed by atoms with Crippen molar-refractivity contribution in [2.75, 3.05) is 36.5 Å². The van der Waals surface area contributed by atoms with Gasteiger partial charge in [-0.05, 0) is 12.8 Å². The molecule has 1 aliphatic heterocycles. The predicted octanol–water partition coefficient (Wildman–Crippen LogP) is 3.33. The number of anilines is 2. The molecule has 0 amide bonds. The lowest BCUT2D eigenvalue weighted by molar-refractivity contribution is 0.122. The monoisotopic (exact) mass is 324 g/mol. The Labute approximate surface area is 143 Å². The molecule has 1 N–H and O–H groups in total. The van der Waals surface area contributed by atoms with Gasteiger partial charge in [0.05, 0.1) is 13.2 Å². The Morgan fingerprint density at radius 3 is 2.50 bits per heavy atom. The minimum absolute atomic E-state index is 0.543. The molecule has 1 aromatic heterocycles. The van der Waals surface area contributed by atoms with Crippen molar-refractivity contribution < 1.29 is 4.74 Å². The number of benzene rings is 1. The van der Waals surface area contributed by atoms with Gasteiger partial charge in [0.2, 0.25) is 0 Å². The van der Waals surface area contributed by atoms with Crippen LogP contribution in [0.3, 0.4) is 0 Å². The van der Waals surface area contributed by atoms with E-state index in [0.29, 0.717) is 6.04 Å². The first-order valence-electron chi connectivity index (χ1n) is 8.92. The summed E-state index contributed by atoms with van der Waals surface area (Å²) in [6.45, 7) is 3.29. The van der Waals surface area contributed by atoms with Gasteiger partial charge in [-0.3, -0.25) is 0 Å². The topological polar surface area (TPSA) is 50.3 Å². The van der Waals surface area contributed by atoms with Crippen LogP contribution < -0.4 is 10.2 Å². The molecular weight excluding hydrogens is 300 g/mol. The van der Waals surface area contributed by atoms with Crippen molar-refractivity contribution in [3.63, 3.8) is 0 Å². The van der Waals surface area contributed by atoms with Crippen LogP contribution in [0, 0.1) is 0 Å². The zero-order valence-corrected chi connectivity index (χ0v) is 13.9. The summed E-state index contributed by atoms with van der Waals surface area (Å²) in [6, 6.07) is 12.9. The van der Waals surface area contributed by atoms with Crippen LogP contribution in [-0.4, -0.2) is 42.3 Å². The van der Waals surface area contributed by atoms with Gasteiger partial charge in [-0.2, -0.15) is 0 Å². The van der Waals surface area contributed by atoms with Crippen molar-refractivity contribution in [3.05, 3.63) is 36.4 Å². The van der Waals surface area contributed by atoms with E-state index in [-0.39, 0.29) is 0 Å². The van der Waals surface area contributed by atoms with E-state index in [1.54, 1.807) is 0 Å². The molecule has 2 fully saturated rings. The highest BCUT2D eigenvalue weighted by Gasteiger charge is 2.19. The largest absolute Gasteiger partial charge is 0.378 e. The van der Waals surface area contributed by atoms with Crippen LogP contribution >= 0.6 is 0 Å². The van der Waals surface area contributed by atoms with Gasteiger partial charge in [0.1, 0.15) is 11.6 Å². The van der Waals surface area contributed by atoms with E-state index < -0.39 is 0 Å². The standard InChI is InChI=1S/C19H24N4O/c1-2-6-15(7-3-1)19-21-17(20-16-8-4-5-9-16)14-18(22-19)23-10-12-24-13-11-23/h1-3,6-7,14,16H,4-5,8-13H2,(H,20,21,22). The fraction of sp³-hybridized carbons (Fsp3) is 0.474. The van der Waals surface area contributed by atoms with Crippen molar-refractivity contribution in [2.24, 2.45) is 0 Å². The van der Waals surface area contributed by atoms with Gasteiger partial charge in [0, 0.05) is 30.8 Å². The Morgan fingerprint density at radius 2 is 1.75 bits per heavy atom. The first kappa shape index (κ1) is 15.4. The lowest BCUT2D eigenvalue weighted by atomic mass is 10.2. The molecule has 2 aliphatic rings. The first-order chi connectivity index (χ1) is 11.9. The van der Waals surface area contributed by atoms with Crippen molar-refractivity contribution in [1.82, 2.24) is 9.97 Å². The molecular formula is C19H24N4O. The van der Waals surface area contributed by atoms with Gasteiger partial charge in [-0.15, -0.1) is 0 Å². The number of aromatic nitrogens is 2. The summed E-state index contributed by atoms with van der Waals surface area (Å²) in [5.41, 5.74) is 1.06. The Balaban J connectivity index is 1.66. The summed E-state index contributed by atoms with van der Waals surface area (Å²) in [5.74, 6) is 2.73. The Hall–Kier alpha value is -2.14. The molecule has 0 spiro atoms. The quantitative estimate of drug-likeness (QED) is 0.935. The van der Waals surface area contributed by atoms with Gasteiger partial charge in [-0.1, -0.05) is 43.2 Å². The molecule has 4 rings (SSSR count). The van der Waals surface area contributed by atoms with Gasteiger partial charge in [0.25, 0.3) is 0 Å². The van der Waals surface area contributed by atoms with Crippen LogP contribution in [0.25, 0.3) is 11.4 Å². The highest BCUT2D eigenvalue weighted by molar-refractivity contribution is 5.62. The summed E-state index contributed by atoms with van der Waals surface area (Å²) >= 11 is 0. The number of ether oxygens (including phenoxy) is 1. The number of nitrogens with zero attached hydrogens (tertiary/aromatic N) is 3. The van der Waals surface area contributed by atoms with Gasteiger partial charge < -0.3 is 15.0 Å². The Kier molecular flexibility index (Phi) is 4.60. The normalized spacial score (nSPS) is 18.8. The van der Waals surface area contributed by atoms with Crippen molar-refractivity contribution in [3.8, 4) is 11.4 Å². The zero-order valence-electron chi connectivity index (χ0n) is 13.9. The maximum atomic E-state index is 5.47. The molecule has 1 aromatic carbocycles. The SMILES string of the molecule is c1ccc(-c2nc(NC3CCCC3)cc(N3CCOCC3)n2)cc1. The zero-order chi connectivity index (χ0) is 16.2. The van der Waals surface area contributed by atoms with Crippen LogP contribution in [0.2, 0.25) is 0 Å². The molecule has 2 aromatic rings. The lowest BCUT2D eigenvalue weighted by Gasteiger charge is -2.28. The van der Waals surface area contributed by atoms with E-state index in [1.165, 1.54) is 25.7 Å². The highest BCUT2D eigenvalue weighted by atomic mass is 16.5. The predicted molar refractivity (Wildman–Crippen MR) is 96.4 cm³/mol. The molecule has 0 unspecified atom stereocenters.